The third-order valence-corrected chi connectivity index (χ3v) is 4.61. The molecule has 0 radical (unpaired) electrons. The maximum atomic E-state index is 11.6. The van der Waals surface area contributed by atoms with Gasteiger partial charge in [-0.2, -0.15) is 11.8 Å². The van der Waals surface area contributed by atoms with E-state index in [1.54, 1.807) is 0 Å². The van der Waals surface area contributed by atoms with Crippen molar-refractivity contribution >= 4 is 44.9 Å². The minimum atomic E-state index is 0.0188. The van der Waals surface area contributed by atoms with Gasteiger partial charge in [-0.15, -0.1) is 11.3 Å². The Labute approximate surface area is 107 Å². The molecule has 0 saturated heterocycles. The van der Waals surface area contributed by atoms with Crippen LogP contribution in [0.3, 0.4) is 0 Å². The summed E-state index contributed by atoms with van der Waals surface area (Å²) in [7, 11) is 0. The van der Waals surface area contributed by atoms with Gasteiger partial charge in [-0.1, -0.05) is 6.92 Å². The zero-order valence-corrected chi connectivity index (χ0v) is 12.0. The van der Waals surface area contributed by atoms with Crippen LogP contribution in [0.25, 0.3) is 0 Å². The van der Waals surface area contributed by atoms with Crippen LogP contribution in [-0.4, -0.2) is 24.0 Å². The molecule has 0 saturated carbocycles. The van der Waals surface area contributed by atoms with Gasteiger partial charge < -0.3 is 5.32 Å². The van der Waals surface area contributed by atoms with Gasteiger partial charge in [-0.25, -0.2) is 0 Å². The summed E-state index contributed by atoms with van der Waals surface area (Å²) < 4.78 is 0.991. The molecule has 0 aliphatic heterocycles. The molecule has 1 atom stereocenters. The number of thiophene rings is 1. The lowest BCUT2D eigenvalue weighted by Crippen LogP contribution is -2.25. The van der Waals surface area contributed by atoms with Gasteiger partial charge in [0.25, 0.3) is 5.91 Å². The van der Waals surface area contributed by atoms with Crippen LogP contribution in [0.1, 0.15) is 23.7 Å². The summed E-state index contributed by atoms with van der Waals surface area (Å²) >= 11 is 6.69. The zero-order chi connectivity index (χ0) is 11.3. The van der Waals surface area contributed by atoms with Gasteiger partial charge in [0.15, 0.2) is 0 Å². The lowest BCUT2D eigenvalue weighted by atomic mass is 10.3. The molecule has 1 aromatic heterocycles. The molecule has 0 aliphatic rings. The molecule has 1 rings (SSSR count). The van der Waals surface area contributed by atoms with Gasteiger partial charge in [0.2, 0.25) is 0 Å². The maximum absolute atomic E-state index is 11.6. The van der Waals surface area contributed by atoms with Crippen LogP contribution in [0.2, 0.25) is 0 Å². The topological polar surface area (TPSA) is 29.1 Å². The molecule has 0 aliphatic carbocycles. The number of hydrogen-bond donors (Lipinski definition) is 1. The third kappa shape index (κ3) is 4.57. The first-order valence-electron chi connectivity index (χ1n) is 4.68. The van der Waals surface area contributed by atoms with Crippen LogP contribution < -0.4 is 5.32 Å². The summed E-state index contributed by atoms with van der Waals surface area (Å²) in [6, 6.07) is 1.85. The van der Waals surface area contributed by atoms with Crippen molar-refractivity contribution in [3.63, 3.8) is 0 Å². The summed E-state index contributed by atoms with van der Waals surface area (Å²) in [5.74, 6) is 0.0188. The second-order valence-corrected chi connectivity index (χ2v) is 6.80. The average molecular weight is 308 g/mol. The van der Waals surface area contributed by atoms with E-state index in [0.29, 0.717) is 5.25 Å². The zero-order valence-electron chi connectivity index (χ0n) is 8.75. The Balaban J connectivity index is 2.31. The van der Waals surface area contributed by atoms with Gasteiger partial charge in [0, 0.05) is 17.2 Å². The fourth-order valence-electron chi connectivity index (χ4n) is 1.04. The van der Waals surface area contributed by atoms with Gasteiger partial charge >= 0.3 is 0 Å². The number of amides is 1. The minimum absolute atomic E-state index is 0.0188. The molecule has 5 heteroatoms. The quantitative estimate of drug-likeness (QED) is 0.903. The predicted molar refractivity (Wildman–Crippen MR) is 71.9 cm³/mol. The molecular formula is C10H14BrNOS2. The van der Waals surface area contributed by atoms with Crippen molar-refractivity contribution in [1.29, 1.82) is 0 Å². The van der Waals surface area contributed by atoms with Crippen molar-refractivity contribution in [3.8, 4) is 0 Å². The lowest BCUT2D eigenvalue weighted by molar-refractivity contribution is 0.0954. The Bertz CT molecular complexity index is 327. The number of thioether (sulfide) groups is 1. The second-order valence-electron chi connectivity index (χ2n) is 3.23. The second kappa shape index (κ2) is 6.55. The molecule has 1 aromatic rings. The van der Waals surface area contributed by atoms with Crippen LogP contribution in [0, 0.1) is 0 Å². The summed E-state index contributed by atoms with van der Waals surface area (Å²) in [6.07, 6.45) is 3.10. The van der Waals surface area contributed by atoms with Crippen LogP contribution >= 0.6 is 39.0 Å². The van der Waals surface area contributed by atoms with Gasteiger partial charge in [-0.3, -0.25) is 4.79 Å². The van der Waals surface area contributed by atoms with Crippen molar-refractivity contribution in [1.82, 2.24) is 5.32 Å². The SMILES string of the molecule is CSC(C)CCNC(=O)c1csc(Br)c1. The molecule has 2 nitrogen and oxygen atoms in total. The third-order valence-electron chi connectivity index (χ3n) is 2.07. The highest BCUT2D eigenvalue weighted by atomic mass is 79.9. The van der Waals surface area contributed by atoms with E-state index in [9.17, 15) is 4.79 Å². The lowest BCUT2D eigenvalue weighted by Gasteiger charge is -2.08. The molecular weight excluding hydrogens is 294 g/mol. The van der Waals surface area contributed by atoms with Crippen molar-refractivity contribution in [3.05, 3.63) is 20.8 Å². The number of nitrogens with one attached hydrogen (secondary N) is 1. The van der Waals surface area contributed by atoms with E-state index in [1.165, 1.54) is 11.3 Å². The summed E-state index contributed by atoms with van der Waals surface area (Å²) in [6.45, 7) is 2.91. The Morgan fingerprint density at radius 3 is 3.00 bits per heavy atom. The Morgan fingerprint density at radius 1 is 1.73 bits per heavy atom. The number of carbonyl (C=O) groups excluding carboxylic acids is 1. The van der Waals surface area contributed by atoms with Gasteiger partial charge in [-0.05, 0) is 34.7 Å². The Hall–Kier alpha value is -0.000000000000000111. The molecule has 1 N–H and O–H groups in total. The first-order valence-corrected chi connectivity index (χ1v) is 7.64. The number of halogens is 1. The molecule has 15 heavy (non-hydrogen) atoms. The molecule has 1 unspecified atom stereocenters. The highest BCUT2D eigenvalue weighted by molar-refractivity contribution is 9.11. The van der Waals surface area contributed by atoms with Crippen molar-refractivity contribution in [2.45, 2.75) is 18.6 Å². The largest absolute Gasteiger partial charge is 0.352 e. The number of rotatable bonds is 5. The molecule has 0 spiro atoms. The maximum Gasteiger partial charge on any atom is 0.252 e. The molecule has 0 aromatic carbocycles. The van der Waals surface area contributed by atoms with E-state index in [2.05, 4.69) is 34.4 Å². The first-order chi connectivity index (χ1) is 7.13. The van der Waals surface area contributed by atoms with Crippen LogP contribution in [-0.2, 0) is 0 Å². The van der Waals surface area contributed by atoms with E-state index in [4.69, 9.17) is 0 Å². The first kappa shape index (κ1) is 13.1. The molecule has 0 bridgehead atoms. The van der Waals surface area contributed by atoms with E-state index in [0.717, 1.165) is 22.3 Å². The molecule has 0 fully saturated rings. The van der Waals surface area contributed by atoms with E-state index in [1.807, 2.05) is 23.2 Å². The fourth-order valence-corrected chi connectivity index (χ4v) is 2.53. The average Bonchev–Trinajstić information content (AvgIpc) is 2.64. The Morgan fingerprint density at radius 2 is 2.47 bits per heavy atom. The summed E-state index contributed by atoms with van der Waals surface area (Å²) in [5, 5.41) is 5.37. The standard InChI is InChI=1S/C10H14BrNOS2/c1-7(14-2)3-4-12-10(13)8-5-9(11)15-6-8/h5-7H,3-4H2,1-2H3,(H,12,13). The van der Waals surface area contributed by atoms with E-state index >= 15 is 0 Å². The highest BCUT2D eigenvalue weighted by Gasteiger charge is 2.07. The number of carbonyl (C=O) groups is 1. The predicted octanol–water partition coefficient (Wildman–Crippen LogP) is 3.38. The van der Waals surface area contributed by atoms with Crippen molar-refractivity contribution in [2.75, 3.05) is 12.8 Å². The minimum Gasteiger partial charge on any atom is -0.352 e. The van der Waals surface area contributed by atoms with Crippen molar-refractivity contribution < 1.29 is 4.79 Å². The normalized spacial score (nSPS) is 12.5. The Kier molecular flexibility index (Phi) is 5.71. The van der Waals surface area contributed by atoms with Crippen LogP contribution in [0.5, 0.6) is 0 Å². The molecule has 1 amide bonds. The molecule has 84 valence electrons. The summed E-state index contributed by atoms with van der Waals surface area (Å²) in [4.78, 5) is 11.6. The smallest absolute Gasteiger partial charge is 0.252 e. The van der Waals surface area contributed by atoms with E-state index in [-0.39, 0.29) is 5.91 Å². The van der Waals surface area contributed by atoms with Crippen LogP contribution in [0.4, 0.5) is 0 Å². The van der Waals surface area contributed by atoms with Crippen LogP contribution in [0.15, 0.2) is 15.2 Å². The highest BCUT2D eigenvalue weighted by Crippen LogP contribution is 2.20. The summed E-state index contributed by atoms with van der Waals surface area (Å²) in [5.41, 5.74) is 0.740. The molecule has 1 heterocycles. The van der Waals surface area contributed by atoms with Gasteiger partial charge in [0.05, 0.1) is 9.35 Å². The van der Waals surface area contributed by atoms with Crippen molar-refractivity contribution in [2.24, 2.45) is 0 Å². The number of hydrogen-bond acceptors (Lipinski definition) is 3. The van der Waals surface area contributed by atoms with Gasteiger partial charge in [0.1, 0.15) is 0 Å². The van der Waals surface area contributed by atoms with E-state index < -0.39 is 0 Å². The monoisotopic (exact) mass is 307 g/mol. The fraction of sp³-hybridized carbons (Fsp3) is 0.500.